The van der Waals surface area contributed by atoms with E-state index in [0.717, 1.165) is 34.4 Å². The lowest BCUT2D eigenvalue weighted by Gasteiger charge is -2.36. The Hall–Kier alpha value is -3.06. The minimum Gasteiger partial charge on any atom is -0.493 e. The summed E-state index contributed by atoms with van der Waals surface area (Å²) in [6.45, 7) is 4.81. The first kappa shape index (κ1) is 22.6. The molecule has 3 rings (SSSR count). The van der Waals surface area contributed by atoms with Gasteiger partial charge in [0.2, 0.25) is 5.91 Å². The summed E-state index contributed by atoms with van der Waals surface area (Å²) in [5.41, 5.74) is 4.99. The monoisotopic (exact) mass is 426 g/mol. The molecule has 7 heteroatoms. The molecule has 1 amide bonds. The summed E-state index contributed by atoms with van der Waals surface area (Å²) < 4.78 is 15.8. The molecule has 0 unspecified atom stereocenters. The molecule has 1 aliphatic heterocycles. The zero-order valence-corrected chi connectivity index (χ0v) is 18.8. The maximum atomic E-state index is 12.8. The van der Waals surface area contributed by atoms with Gasteiger partial charge < -0.3 is 19.5 Å². The number of benzene rings is 2. The van der Waals surface area contributed by atoms with Crippen molar-refractivity contribution < 1.29 is 23.8 Å². The molecule has 2 aromatic rings. The Balaban J connectivity index is 1.85. The number of aryl methyl sites for hydroxylation is 2. The second-order valence-electron chi connectivity index (χ2n) is 7.85. The van der Waals surface area contributed by atoms with E-state index >= 15 is 0 Å². The van der Waals surface area contributed by atoms with Crippen LogP contribution in [0.4, 0.5) is 5.69 Å². The number of fused-ring (bicyclic) bond motifs is 1. The largest absolute Gasteiger partial charge is 0.493 e. The zero-order valence-electron chi connectivity index (χ0n) is 18.8. The molecular weight excluding hydrogens is 396 g/mol. The first-order valence-electron chi connectivity index (χ1n) is 10.3. The number of nitrogens with one attached hydrogen (secondary N) is 1. The van der Waals surface area contributed by atoms with E-state index in [1.165, 1.54) is 7.11 Å². The fourth-order valence-electron chi connectivity index (χ4n) is 4.18. The third-order valence-electron chi connectivity index (χ3n) is 5.55. The third kappa shape index (κ3) is 5.35. The second kappa shape index (κ2) is 9.83. The highest BCUT2D eigenvalue weighted by Gasteiger charge is 2.32. The molecule has 2 aromatic carbocycles. The number of carbonyl (C=O) groups excluding carboxylic acids is 2. The number of ether oxygens (including phenoxy) is 3. The lowest BCUT2D eigenvalue weighted by atomic mass is 9.90. The standard InChI is InChI=1S/C24H30N2O5/c1-15-8-16(2)10-18(9-15)25-23(27)14-26-7-6-17-11-21(29-3)22(30-4)12-19(17)20(26)13-24(28)31-5/h8-12,20H,6-7,13-14H2,1-5H3,(H,25,27)/t20-/m0/s1. The number of esters is 1. The first-order valence-corrected chi connectivity index (χ1v) is 10.3. The Bertz CT molecular complexity index is 952. The molecule has 1 atom stereocenters. The molecule has 1 heterocycles. The number of hydrogen-bond acceptors (Lipinski definition) is 6. The van der Waals surface area contributed by atoms with E-state index < -0.39 is 0 Å². The van der Waals surface area contributed by atoms with E-state index in [9.17, 15) is 9.59 Å². The van der Waals surface area contributed by atoms with Crippen molar-refractivity contribution in [3.63, 3.8) is 0 Å². The van der Waals surface area contributed by atoms with Gasteiger partial charge in [-0.15, -0.1) is 0 Å². The van der Waals surface area contributed by atoms with Crippen LogP contribution in [0.5, 0.6) is 11.5 Å². The maximum Gasteiger partial charge on any atom is 0.307 e. The van der Waals surface area contributed by atoms with Gasteiger partial charge in [-0.25, -0.2) is 0 Å². The quantitative estimate of drug-likeness (QED) is 0.684. The Kier molecular flexibility index (Phi) is 7.17. The van der Waals surface area contributed by atoms with Gasteiger partial charge >= 0.3 is 5.97 Å². The lowest BCUT2D eigenvalue weighted by Crippen LogP contribution is -2.41. The Labute approximate surface area is 183 Å². The minimum atomic E-state index is -0.327. The van der Waals surface area contributed by atoms with Crippen LogP contribution in [0, 0.1) is 13.8 Å². The maximum absolute atomic E-state index is 12.8. The summed E-state index contributed by atoms with van der Waals surface area (Å²) in [6.07, 6.45) is 0.889. The fourth-order valence-corrected chi connectivity index (χ4v) is 4.18. The van der Waals surface area contributed by atoms with Crippen molar-refractivity contribution in [3.8, 4) is 11.5 Å². The predicted molar refractivity (Wildman–Crippen MR) is 119 cm³/mol. The third-order valence-corrected chi connectivity index (χ3v) is 5.55. The first-order chi connectivity index (χ1) is 14.8. The summed E-state index contributed by atoms with van der Waals surface area (Å²) >= 11 is 0. The highest BCUT2D eigenvalue weighted by Crippen LogP contribution is 2.39. The average molecular weight is 427 g/mol. The molecule has 0 aliphatic carbocycles. The molecule has 1 N–H and O–H groups in total. The van der Waals surface area contributed by atoms with Crippen LogP contribution in [0.2, 0.25) is 0 Å². The van der Waals surface area contributed by atoms with Crippen LogP contribution >= 0.6 is 0 Å². The zero-order chi connectivity index (χ0) is 22.5. The Morgan fingerprint density at radius 2 is 1.65 bits per heavy atom. The van der Waals surface area contributed by atoms with Crippen LogP contribution in [0.25, 0.3) is 0 Å². The molecule has 31 heavy (non-hydrogen) atoms. The van der Waals surface area contributed by atoms with E-state index in [1.807, 2.05) is 43.0 Å². The second-order valence-corrected chi connectivity index (χ2v) is 7.85. The topological polar surface area (TPSA) is 77.1 Å². The van der Waals surface area contributed by atoms with Crippen LogP contribution in [0.3, 0.4) is 0 Å². The SMILES string of the molecule is COC(=O)C[C@H]1c2cc(OC)c(OC)cc2CCN1CC(=O)Nc1cc(C)cc(C)c1. The van der Waals surface area contributed by atoms with Crippen molar-refractivity contribution in [1.29, 1.82) is 0 Å². The molecule has 166 valence electrons. The van der Waals surface area contributed by atoms with Crippen molar-refractivity contribution in [1.82, 2.24) is 4.90 Å². The van der Waals surface area contributed by atoms with Gasteiger partial charge in [0, 0.05) is 18.3 Å². The van der Waals surface area contributed by atoms with Gasteiger partial charge in [0.15, 0.2) is 11.5 Å². The van der Waals surface area contributed by atoms with E-state index in [4.69, 9.17) is 14.2 Å². The highest BCUT2D eigenvalue weighted by atomic mass is 16.5. The van der Waals surface area contributed by atoms with E-state index in [2.05, 4.69) is 11.4 Å². The van der Waals surface area contributed by atoms with Gasteiger partial charge in [0.1, 0.15) is 0 Å². The predicted octanol–water partition coefficient (Wildman–Crippen LogP) is 3.42. The number of methoxy groups -OCH3 is 3. The normalized spacial score (nSPS) is 15.7. The van der Waals surface area contributed by atoms with Gasteiger partial charge in [-0.2, -0.15) is 0 Å². The number of carbonyl (C=O) groups is 2. The average Bonchev–Trinajstić information content (AvgIpc) is 2.73. The van der Waals surface area contributed by atoms with Gasteiger partial charge in [-0.3, -0.25) is 14.5 Å². The van der Waals surface area contributed by atoms with E-state index in [1.54, 1.807) is 14.2 Å². The number of amides is 1. The number of anilines is 1. The summed E-state index contributed by atoms with van der Waals surface area (Å²) in [5, 5.41) is 2.98. The molecule has 0 radical (unpaired) electrons. The number of nitrogens with zero attached hydrogens (tertiary/aromatic N) is 1. The summed E-state index contributed by atoms with van der Waals surface area (Å²) in [5.74, 6) is 0.799. The lowest BCUT2D eigenvalue weighted by molar-refractivity contribution is -0.142. The van der Waals surface area contributed by atoms with Crippen LogP contribution in [0.15, 0.2) is 30.3 Å². The van der Waals surface area contributed by atoms with Crippen molar-refractivity contribution in [2.75, 3.05) is 39.7 Å². The Morgan fingerprint density at radius 1 is 1.00 bits per heavy atom. The summed E-state index contributed by atoms with van der Waals surface area (Å²) in [4.78, 5) is 27.0. The number of hydrogen-bond donors (Lipinski definition) is 1. The van der Waals surface area contributed by atoms with E-state index in [-0.39, 0.29) is 30.9 Å². The molecule has 0 saturated heterocycles. The van der Waals surface area contributed by atoms with Gasteiger partial charge in [-0.1, -0.05) is 6.07 Å². The molecule has 0 saturated carbocycles. The molecule has 0 aromatic heterocycles. The molecule has 1 aliphatic rings. The summed E-state index contributed by atoms with van der Waals surface area (Å²) in [6, 6.07) is 9.51. The van der Waals surface area contributed by atoms with Gasteiger partial charge in [0.25, 0.3) is 0 Å². The minimum absolute atomic E-state index is 0.121. The van der Waals surface area contributed by atoms with Crippen LogP contribution in [-0.2, 0) is 20.7 Å². The smallest absolute Gasteiger partial charge is 0.307 e. The summed E-state index contributed by atoms with van der Waals surface area (Å²) in [7, 11) is 4.55. The molecule has 0 fully saturated rings. The van der Waals surface area contributed by atoms with Crippen LogP contribution in [0.1, 0.15) is 34.7 Å². The van der Waals surface area contributed by atoms with Crippen molar-refractivity contribution in [2.45, 2.75) is 32.7 Å². The van der Waals surface area contributed by atoms with Gasteiger partial charge in [0.05, 0.1) is 34.3 Å². The van der Waals surface area contributed by atoms with Crippen molar-refractivity contribution in [3.05, 3.63) is 52.6 Å². The van der Waals surface area contributed by atoms with Gasteiger partial charge in [-0.05, 0) is 66.8 Å². The van der Waals surface area contributed by atoms with Crippen LogP contribution < -0.4 is 14.8 Å². The van der Waals surface area contributed by atoms with Crippen LogP contribution in [-0.4, -0.2) is 51.2 Å². The van der Waals surface area contributed by atoms with Crippen molar-refractivity contribution in [2.24, 2.45) is 0 Å². The molecular formula is C24H30N2O5. The molecule has 0 spiro atoms. The molecule has 7 nitrogen and oxygen atoms in total. The fraction of sp³-hybridized carbons (Fsp3) is 0.417. The van der Waals surface area contributed by atoms with Crippen molar-refractivity contribution >= 4 is 17.6 Å². The highest BCUT2D eigenvalue weighted by molar-refractivity contribution is 5.92. The van der Waals surface area contributed by atoms with E-state index in [0.29, 0.717) is 18.0 Å². The molecule has 0 bridgehead atoms. The number of rotatable bonds is 7. The Morgan fingerprint density at radius 3 is 2.26 bits per heavy atom.